The molecular formula is C13H14N2O2. The molecule has 0 spiro atoms. The maximum absolute atomic E-state index is 11.9. The van der Waals surface area contributed by atoms with Crippen LogP contribution in [0.1, 0.15) is 34.8 Å². The highest BCUT2D eigenvalue weighted by Crippen LogP contribution is 2.15. The van der Waals surface area contributed by atoms with E-state index in [1.165, 1.54) is 0 Å². The fraction of sp³-hybridized carbons (Fsp3) is 0.231. The van der Waals surface area contributed by atoms with Crippen LogP contribution in [-0.4, -0.2) is 10.9 Å². The van der Waals surface area contributed by atoms with Gasteiger partial charge in [0, 0.05) is 18.0 Å². The lowest BCUT2D eigenvalue weighted by atomic mass is 10.2. The van der Waals surface area contributed by atoms with Gasteiger partial charge in [0.2, 0.25) is 0 Å². The first-order valence-corrected chi connectivity index (χ1v) is 5.44. The number of pyridine rings is 1. The summed E-state index contributed by atoms with van der Waals surface area (Å²) in [4.78, 5) is 15.7. The first-order valence-electron chi connectivity index (χ1n) is 5.44. The van der Waals surface area contributed by atoms with Crippen molar-refractivity contribution in [2.24, 2.45) is 0 Å². The molecule has 0 saturated heterocycles. The van der Waals surface area contributed by atoms with Crippen LogP contribution < -0.4 is 5.32 Å². The molecule has 0 aliphatic rings. The molecule has 0 bridgehead atoms. The third-order valence-corrected chi connectivity index (χ3v) is 2.48. The van der Waals surface area contributed by atoms with Crippen LogP contribution in [0, 0.1) is 6.92 Å². The van der Waals surface area contributed by atoms with Crippen molar-refractivity contribution >= 4 is 5.91 Å². The maximum Gasteiger partial charge on any atom is 0.251 e. The first kappa shape index (κ1) is 11.4. The third-order valence-electron chi connectivity index (χ3n) is 2.48. The Hall–Kier alpha value is -2.10. The molecule has 1 amide bonds. The van der Waals surface area contributed by atoms with Crippen LogP contribution in [0.15, 0.2) is 41.1 Å². The van der Waals surface area contributed by atoms with E-state index < -0.39 is 0 Å². The average molecular weight is 230 g/mol. The number of furan rings is 1. The van der Waals surface area contributed by atoms with Crippen LogP contribution in [0.25, 0.3) is 0 Å². The molecule has 0 aliphatic heterocycles. The standard InChI is InChI=1S/C13H14N2O2/c1-9-3-4-12(17-9)10(2)15-13(16)11-5-7-14-8-6-11/h3-8,10H,1-2H3,(H,15,16). The number of nitrogens with one attached hydrogen (secondary N) is 1. The van der Waals surface area contributed by atoms with Crippen molar-refractivity contribution < 1.29 is 9.21 Å². The number of hydrogen-bond donors (Lipinski definition) is 1. The van der Waals surface area contributed by atoms with Gasteiger partial charge in [0.25, 0.3) is 5.91 Å². The Morgan fingerprint density at radius 1 is 1.29 bits per heavy atom. The van der Waals surface area contributed by atoms with Gasteiger partial charge in [0.05, 0.1) is 6.04 Å². The van der Waals surface area contributed by atoms with Crippen molar-refractivity contribution in [3.05, 3.63) is 53.7 Å². The molecule has 4 nitrogen and oxygen atoms in total. The second kappa shape index (κ2) is 4.82. The van der Waals surface area contributed by atoms with E-state index in [4.69, 9.17) is 4.42 Å². The normalized spacial score (nSPS) is 12.1. The lowest BCUT2D eigenvalue weighted by Gasteiger charge is -2.11. The number of aryl methyl sites for hydroxylation is 1. The van der Waals surface area contributed by atoms with Gasteiger partial charge < -0.3 is 9.73 Å². The van der Waals surface area contributed by atoms with Gasteiger partial charge in [0.15, 0.2) is 0 Å². The number of carbonyl (C=O) groups is 1. The summed E-state index contributed by atoms with van der Waals surface area (Å²) in [7, 11) is 0. The highest BCUT2D eigenvalue weighted by atomic mass is 16.3. The molecule has 0 saturated carbocycles. The molecule has 1 atom stereocenters. The van der Waals surface area contributed by atoms with Gasteiger partial charge in [-0.05, 0) is 38.1 Å². The second-order valence-electron chi connectivity index (χ2n) is 3.88. The van der Waals surface area contributed by atoms with Gasteiger partial charge in [-0.1, -0.05) is 0 Å². The van der Waals surface area contributed by atoms with Crippen molar-refractivity contribution in [3.63, 3.8) is 0 Å². The van der Waals surface area contributed by atoms with Crippen molar-refractivity contribution in [1.82, 2.24) is 10.3 Å². The third kappa shape index (κ3) is 2.72. The molecule has 1 unspecified atom stereocenters. The van der Waals surface area contributed by atoms with E-state index in [-0.39, 0.29) is 11.9 Å². The Morgan fingerprint density at radius 3 is 2.59 bits per heavy atom. The van der Waals surface area contributed by atoms with Gasteiger partial charge in [-0.25, -0.2) is 0 Å². The van der Waals surface area contributed by atoms with Gasteiger partial charge in [0.1, 0.15) is 11.5 Å². The highest BCUT2D eigenvalue weighted by Gasteiger charge is 2.13. The van der Waals surface area contributed by atoms with Crippen LogP contribution >= 0.6 is 0 Å². The lowest BCUT2D eigenvalue weighted by Crippen LogP contribution is -2.26. The summed E-state index contributed by atoms with van der Waals surface area (Å²) in [5.41, 5.74) is 0.593. The van der Waals surface area contributed by atoms with Crippen molar-refractivity contribution in [2.45, 2.75) is 19.9 Å². The van der Waals surface area contributed by atoms with E-state index in [9.17, 15) is 4.79 Å². The smallest absolute Gasteiger partial charge is 0.251 e. The number of nitrogens with zero attached hydrogens (tertiary/aromatic N) is 1. The van der Waals surface area contributed by atoms with Gasteiger partial charge in [-0.15, -0.1) is 0 Å². The lowest BCUT2D eigenvalue weighted by molar-refractivity contribution is 0.0935. The number of hydrogen-bond acceptors (Lipinski definition) is 3. The number of rotatable bonds is 3. The van der Waals surface area contributed by atoms with Crippen LogP contribution in [0.2, 0.25) is 0 Å². The Labute approximate surface area is 99.7 Å². The predicted octanol–water partition coefficient (Wildman–Crippen LogP) is 2.47. The minimum absolute atomic E-state index is 0.131. The molecule has 4 heteroatoms. The molecule has 2 rings (SSSR count). The zero-order valence-corrected chi connectivity index (χ0v) is 9.81. The number of amides is 1. The van der Waals surface area contributed by atoms with E-state index in [0.29, 0.717) is 5.56 Å². The zero-order chi connectivity index (χ0) is 12.3. The Kier molecular flexibility index (Phi) is 3.23. The molecule has 1 N–H and O–H groups in total. The molecule has 17 heavy (non-hydrogen) atoms. The van der Waals surface area contributed by atoms with E-state index in [1.807, 2.05) is 26.0 Å². The van der Waals surface area contributed by atoms with Gasteiger partial charge in [-0.3, -0.25) is 9.78 Å². The van der Waals surface area contributed by atoms with Crippen molar-refractivity contribution in [3.8, 4) is 0 Å². The predicted molar refractivity (Wildman–Crippen MR) is 63.6 cm³/mol. The summed E-state index contributed by atoms with van der Waals surface area (Å²) in [6.45, 7) is 3.76. The fourth-order valence-corrected chi connectivity index (χ4v) is 1.54. The minimum Gasteiger partial charge on any atom is -0.464 e. The SMILES string of the molecule is Cc1ccc(C(C)NC(=O)c2ccncc2)o1. The Morgan fingerprint density at radius 2 is 2.00 bits per heavy atom. The molecule has 0 aliphatic carbocycles. The van der Waals surface area contributed by atoms with Gasteiger partial charge >= 0.3 is 0 Å². The topological polar surface area (TPSA) is 55.1 Å². The first-order chi connectivity index (χ1) is 8.16. The highest BCUT2D eigenvalue weighted by molar-refractivity contribution is 5.94. The molecule has 0 radical (unpaired) electrons. The number of aromatic nitrogens is 1. The Bertz CT molecular complexity index is 505. The summed E-state index contributed by atoms with van der Waals surface area (Å²) in [6, 6.07) is 6.95. The zero-order valence-electron chi connectivity index (χ0n) is 9.81. The van der Waals surface area contributed by atoms with E-state index in [1.54, 1.807) is 24.5 Å². The molecule has 2 aromatic heterocycles. The van der Waals surface area contributed by atoms with Crippen LogP contribution in [0.5, 0.6) is 0 Å². The van der Waals surface area contributed by atoms with Crippen LogP contribution in [-0.2, 0) is 0 Å². The fourth-order valence-electron chi connectivity index (χ4n) is 1.54. The second-order valence-corrected chi connectivity index (χ2v) is 3.88. The summed E-state index contributed by atoms with van der Waals surface area (Å²) in [5, 5.41) is 2.87. The molecule has 88 valence electrons. The van der Waals surface area contributed by atoms with Crippen LogP contribution in [0.4, 0.5) is 0 Å². The summed E-state index contributed by atoms with van der Waals surface area (Å²) < 4.78 is 5.45. The molecular weight excluding hydrogens is 216 g/mol. The summed E-state index contributed by atoms with van der Waals surface area (Å²) >= 11 is 0. The van der Waals surface area contributed by atoms with E-state index >= 15 is 0 Å². The monoisotopic (exact) mass is 230 g/mol. The van der Waals surface area contributed by atoms with Gasteiger partial charge in [-0.2, -0.15) is 0 Å². The molecule has 2 heterocycles. The quantitative estimate of drug-likeness (QED) is 0.881. The minimum atomic E-state index is -0.149. The van der Waals surface area contributed by atoms with E-state index in [2.05, 4.69) is 10.3 Å². The van der Waals surface area contributed by atoms with Crippen molar-refractivity contribution in [1.29, 1.82) is 0 Å². The molecule has 2 aromatic rings. The van der Waals surface area contributed by atoms with E-state index in [0.717, 1.165) is 11.5 Å². The molecule has 0 aromatic carbocycles. The maximum atomic E-state index is 11.9. The summed E-state index contributed by atoms with van der Waals surface area (Å²) in [6.07, 6.45) is 3.19. The van der Waals surface area contributed by atoms with Crippen molar-refractivity contribution in [2.75, 3.05) is 0 Å². The summed E-state index contributed by atoms with van der Waals surface area (Å²) in [5.74, 6) is 1.46. The average Bonchev–Trinajstić information content (AvgIpc) is 2.77. The Balaban J connectivity index is 2.04. The number of carbonyl (C=O) groups excluding carboxylic acids is 1. The van der Waals surface area contributed by atoms with Crippen LogP contribution in [0.3, 0.4) is 0 Å². The largest absolute Gasteiger partial charge is 0.464 e. The molecule has 0 fully saturated rings.